The van der Waals surface area contributed by atoms with Gasteiger partial charge in [-0.1, -0.05) is 6.92 Å². The first-order chi connectivity index (χ1) is 13.2. The van der Waals surface area contributed by atoms with Gasteiger partial charge in [-0.3, -0.25) is 14.6 Å². The first-order valence-electron chi connectivity index (χ1n) is 9.55. The van der Waals surface area contributed by atoms with Crippen molar-refractivity contribution < 1.29 is 9.59 Å². The molecule has 160 valence electrons. The van der Waals surface area contributed by atoms with Gasteiger partial charge >= 0.3 is 0 Å². The van der Waals surface area contributed by atoms with E-state index < -0.39 is 0 Å². The van der Waals surface area contributed by atoms with Crippen LogP contribution in [0.15, 0.2) is 24.5 Å². The average Bonchev–Trinajstić information content (AvgIpc) is 3.06. The van der Waals surface area contributed by atoms with E-state index in [1.165, 1.54) is 22.4 Å². The molecule has 0 aromatic carbocycles. The number of nitrogens with one attached hydrogen (secondary N) is 3. The molecule has 0 saturated heterocycles. The van der Waals surface area contributed by atoms with Crippen LogP contribution in [0, 0.1) is 0 Å². The molecule has 29 heavy (non-hydrogen) atoms. The summed E-state index contributed by atoms with van der Waals surface area (Å²) in [6.45, 7) is 4.36. The molecule has 0 bridgehead atoms. The van der Waals surface area contributed by atoms with Crippen molar-refractivity contribution in [3.63, 3.8) is 0 Å². The third kappa shape index (κ3) is 6.67. The van der Waals surface area contributed by atoms with E-state index in [1.807, 2.05) is 0 Å². The third-order valence-electron chi connectivity index (χ3n) is 4.56. The van der Waals surface area contributed by atoms with Crippen molar-refractivity contribution in [1.29, 1.82) is 0 Å². The van der Waals surface area contributed by atoms with Gasteiger partial charge < -0.3 is 16.0 Å². The van der Waals surface area contributed by atoms with Crippen LogP contribution in [0.3, 0.4) is 0 Å². The lowest BCUT2D eigenvalue weighted by Crippen LogP contribution is -2.33. The fraction of sp³-hybridized carbons (Fsp3) is 0.450. The summed E-state index contributed by atoms with van der Waals surface area (Å²) in [5.41, 5.74) is 2.23. The molecule has 2 amide bonds. The predicted molar refractivity (Wildman–Crippen MR) is 123 cm³/mol. The van der Waals surface area contributed by atoms with Crippen molar-refractivity contribution in [3.8, 4) is 0 Å². The highest BCUT2D eigenvalue weighted by Gasteiger charge is 2.26. The number of nitrogens with zero attached hydrogens (tertiary/aromatic N) is 1. The number of carbonyl (C=O) groups is 2. The van der Waals surface area contributed by atoms with Gasteiger partial charge in [0.15, 0.2) is 0 Å². The van der Waals surface area contributed by atoms with Gasteiger partial charge in [-0.15, -0.1) is 36.2 Å². The fourth-order valence-electron chi connectivity index (χ4n) is 3.22. The minimum Gasteiger partial charge on any atom is -0.351 e. The Balaban J connectivity index is 0.00000210. The summed E-state index contributed by atoms with van der Waals surface area (Å²) in [6, 6.07) is 3.44. The minimum atomic E-state index is -0.236. The number of carbonyl (C=O) groups excluding carboxylic acids is 2. The van der Waals surface area contributed by atoms with Crippen LogP contribution in [0.1, 0.15) is 57.3 Å². The Labute approximate surface area is 188 Å². The van der Waals surface area contributed by atoms with Crippen LogP contribution < -0.4 is 16.0 Å². The second-order valence-electron chi connectivity index (χ2n) is 6.62. The number of hydrogen-bond acceptors (Lipinski definition) is 5. The molecule has 0 saturated carbocycles. The summed E-state index contributed by atoms with van der Waals surface area (Å²) in [5.74, 6) is -0.338. The molecular formula is C20H28Cl2N4O2S. The van der Waals surface area contributed by atoms with Crippen molar-refractivity contribution in [3.05, 3.63) is 46.1 Å². The summed E-state index contributed by atoms with van der Waals surface area (Å²) in [6.07, 6.45) is 8.31. The first kappa shape index (κ1) is 25.4. The average molecular weight is 459 g/mol. The number of aryl methyl sites for hydroxylation is 1. The molecule has 2 aromatic rings. The number of anilines is 1. The van der Waals surface area contributed by atoms with E-state index in [1.54, 1.807) is 18.3 Å². The van der Waals surface area contributed by atoms with Gasteiger partial charge in [0.1, 0.15) is 5.00 Å². The number of thiophene rings is 1. The lowest BCUT2D eigenvalue weighted by molar-refractivity contribution is 0.0954. The number of rotatable bonds is 8. The number of fused-ring (bicyclic) bond motifs is 1. The van der Waals surface area contributed by atoms with E-state index in [9.17, 15) is 9.59 Å². The standard InChI is InChI=1S/C20H26N4O2S.2ClH/c1-2-9-21-11-12-23-19(26)17-15-7-3-4-8-16(15)27-20(17)24-18(25)14-6-5-10-22-13-14;;/h5-6,10,13,21H,2-4,7-9,11-12H2,1H3,(H,23,26)(H,24,25);2*1H. The molecule has 1 aliphatic carbocycles. The lowest BCUT2D eigenvalue weighted by Gasteiger charge is -2.13. The first-order valence-corrected chi connectivity index (χ1v) is 10.4. The normalized spacial score (nSPS) is 12.2. The van der Waals surface area contributed by atoms with Crippen molar-refractivity contribution in [2.24, 2.45) is 0 Å². The SMILES string of the molecule is CCCNCCNC(=O)c1c(NC(=O)c2cccnc2)sc2c1CCCC2.Cl.Cl. The Hall–Kier alpha value is -1.67. The van der Waals surface area contributed by atoms with E-state index in [4.69, 9.17) is 0 Å². The number of amides is 2. The second-order valence-corrected chi connectivity index (χ2v) is 7.72. The Bertz CT molecular complexity index is 799. The number of hydrogen-bond donors (Lipinski definition) is 3. The fourth-order valence-corrected chi connectivity index (χ4v) is 4.50. The summed E-state index contributed by atoms with van der Waals surface area (Å²) in [5, 5.41) is 9.85. The monoisotopic (exact) mass is 458 g/mol. The summed E-state index contributed by atoms with van der Waals surface area (Å²) >= 11 is 1.53. The van der Waals surface area contributed by atoms with E-state index in [2.05, 4.69) is 27.9 Å². The van der Waals surface area contributed by atoms with E-state index >= 15 is 0 Å². The Kier molecular flexibility index (Phi) is 11.2. The molecule has 6 nitrogen and oxygen atoms in total. The summed E-state index contributed by atoms with van der Waals surface area (Å²) in [4.78, 5) is 30.6. The highest BCUT2D eigenvalue weighted by atomic mass is 35.5. The molecule has 0 aliphatic heterocycles. The van der Waals surface area contributed by atoms with Crippen LogP contribution >= 0.6 is 36.2 Å². The van der Waals surface area contributed by atoms with Crippen LogP contribution in [0.2, 0.25) is 0 Å². The maximum atomic E-state index is 12.9. The van der Waals surface area contributed by atoms with Gasteiger partial charge in [-0.25, -0.2) is 0 Å². The van der Waals surface area contributed by atoms with Gasteiger partial charge in [0.05, 0.1) is 11.1 Å². The van der Waals surface area contributed by atoms with Gasteiger partial charge in [-0.05, 0) is 56.3 Å². The minimum absolute atomic E-state index is 0. The second kappa shape index (κ2) is 12.8. The van der Waals surface area contributed by atoms with Crippen LogP contribution in [-0.2, 0) is 12.8 Å². The smallest absolute Gasteiger partial charge is 0.257 e. The molecule has 3 rings (SSSR count). The van der Waals surface area contributed by atoms with Crippen molar-refractivity contribution in [2.45, 2.75) is 39.0 Å². The highest BCUT2D eigenvalue weighted by Crippen LogP contribution is 2.38. The molecule has 9 heteroatoms. The topological polar surface area (TPSA) is 83.1 Å². The van der Waals surface area contributed by atoms with E-state index in [0.29, 0.717) is 22.7 Å². The van der Waals surface area contributed by atoms with Gasteiger partial charge in [0, 0.05) is 30.4 Å². The van der Waals surface area contributed by atoms with Crippen LogP contribution in [0.4, 0.5) is 5.00 Å². The quantitative estimate of drug-likeness (QED) is 0.524. The Morgan fingerprint density at radius 1 is 1.10 bits per heavy atom. The number of aromatic nitrogens is 1. The van der Waals surface area contributed by atoms with Gasteiger partial charge in [-0.2, -0.15) is 0 Å². The number of halogens is 2. The molecule has 2 heterocycles. The molecule has 2 aromatic heterocycles. The lowest BCUT2D eigenvalue weighted by atomic mass is 9.95. The zero-order valence-electron chi connectivity index (χ0n) is 16.5. The van der Waals surface area contributed by atoms with Crippen LogP contribution in [-0.4, -0.2) is 36.4 Å². The molecule has 0 atom stereocenters. The molecule has 0 unspecified atom stereocenters. The van der Waals surface area contributed by atoms with Crippen LogP contribution in [0.5, 0.6) is 0 Å². The molecule has 0 radical (unpaired) electrons. The van der Waals surface area contributed by atoms with E-state index in [0.717, 1.165) is 50.8 Å². The maximum absolute atomic E-state index is 12.9. The zero-order valence-corrected chi connectivity index (χ0v) is 18.9. The highest BCUT2D eigenvalue weighted by molar-refractivity contribution is 7.17. The maximum Gasteiger partial charge on any atom is 0.257 e. The molecule has 0 fully saturated rings. The molecule has 3 N–H and O–H groups in total. The largest absolute Gasteiger partial charge is 0.351 e. The van der Waals surface area contributed by atoms with Gasteiger partial charge in [0.25, 0.3) is 11.8 Å². The Morgan fingerprint density at radius 3 is 2.62 bits per heavy atom. The van der Waals surface area contributed by atoms with Gasteiger partial charge in [0.2, 0.25) is 0 Å². The molecule has 1 aliphatic rings. The molecule has 0 spiro atoms. The molecular weight excluding hydrogens is 431 g/mol. The Morgan fingerprint density at radius 2 is 1.90 bits per heavy atom. The zero-order chi connectivity index (χ0) is 19.1. The predicted octanol–water partition coefficient (Wildman–Crippen LogP) is 3.85. The summed E-state index contributed by atoms with van der Waals surface area (Å²) in [7, 11) is 0. The van der Waals surface area contributed by atoms with Crippen molar-refractivity contribution in [2.75, 3.05) is 25.0 Å². The van der Waals surface area contributed by atoms with Crippen molar-refractivity contribution >= 4 is 53.0 Å². The van der Waals surface area contributed by atoms with Crippen LogP contribution in [0.25, 0.3) is 0 Å². The van der Waals surface area contributed by atoms with Crippen molar-refractivity contribution in [1.82, 2.24) is 15.6 Å². The third-order valence-corrected chi connectivity index (χ3v) is 5.77. The number of pyridine rings is 1. The van der Waals surface area contributed by atoms with E-state index in [-0.39, 0.29) is 36.6 Å². The summed E-state index contributed by atoms with van der Waals surface area (Å²) < 4.78 is 0.